The zero-order valence-corrected chi connectivity index (χ0v) is 15.6. The number of benzene rings is 1. The molecule has 0 radical (unpaired) electrons. The molecule has 1 saturated heterocycles. The van der Waals surface area contributed by atoms with Gasteiger partial charge in [-0.3, -0.25) is 4.79 Å². The summed E-state index contributed by atoms with van der Waals surface area (Å²) in [5, 5.41) is 3.39. The van der Waals surface area contributed by atoms with Crippen molar-refractivity contribution in [2.75, 3.05) is 20.1 Å². The average Bonchev–Trinajstić information content (AvgIpc) is 3.18. The Morgan fingerprint density at radius 3 is 2.58 bits per heavy atom. The van der Waals surface area contributed by atoms with Crippen molar-refractivity contribution >= 4 is 12.0 Å². The van der Waals surface area contributed by atoms with Crippen LogP contribution < -0.4 is 5.32 Å². The van der Waals surface area contributed by atoms with Gasteiger partial charge in [-0.2, -0.15) is 0 Å². The van der Waals surface area contributed by atoms with Crippen LogP contribution in [0.2, 0.25) is 0 Å². The lowest BCUT2D eigenvalue weighted by molar-refractivity contribution is -0.117. The highest BCUT2D eigenvalue weighted by Gasteiger charge is 2.13. The fraction of sp³-hybridized carbons (Fsp3) is 0.381. The van der Waals surface area contributed by atoms with Crippen LogP contribution in [-0.4, -0.2) is 37.5 Å². The molecule has 0 unspecified atom stereocenters. The molecule has 142 valence electrons. The molecule has 1 atom stereocenters. The number of allylic oxidation sites excluding steroid dienone is 5. The number of amides is 1. The lowest BCUT2D eigenvalue weighted by Crippen LogP contribution is -2.27. The lowest BCUT2D eigenvalue weighted by atomic mass is 10.0. The number of nitrogens with one attached hydrogen (secondary N) is 1. The van der Waals surface area contributed by atoms with Gasteiger partial charge in [0.05, 0.1) is 0 Å². The minimum Gasteiger partial charge on any atom is -0.348 e. The van der Waals surface area contributed by atoms with Gasteiger partial charge in [0, 0.05) is 25.2 Å². The Hall–Kier alpha value is -2.27. The molecule has 2 rings (SSSR count). The van der Waals surface area contributed by atoms with Gasteiger partial charge in [0.2, 0.25) is 6.41 Å². The maximum Gasteiger partial charge on any atom is 0.209 e. The van der Waals surface area contributed by atoms with Gasteiger partial charge in [-0.1, -0.05) is 36.9 Å². The van der Waals surface area contributed by atoms with Gasteiger partial charge in [-0.15, -0.1) is 0 Å². The van der Waals surface area contributed by atoms with Gasteiger partial charge < -0.3 is 10.2 Å². The predicted molar refractivity (Wildman–Crippen MR) is 104 cm³/mol. The van der Waals surface area contributed by atoms with E-state index in [0.29, 0.717) is 17.2 Å². The van der Waals surface area contributed by atoms with Crippen molar-refractivity contribution in [3.8, 4) is 0 Å². The van der Waals surface area contributed by atoms with Crippen LogP contribution in [0.1, 0.15) is 31.7 Å². The Balaban J connectivity index is 0.000000273. The summed E-state index contributed by atoms with van der Waals surface area (Å²) in [5.41, 5.74) is 1.04. The van der Waals surface area contributed by atoms with E-state index in [-0.39, 0.29) is 11.6 Å². The Bertz CT molecular complexity index is 617. The van der Waals surface area contributed by atoms with E-state index in [9.17, 15) is 13.6 Å². The van der Waals surface area contributed by atoms with Crippen LogP contribution in [0, 0.1) is 5.82 Å². The second-order valence-electron chi connectivity index (χ2n) is 6.13. The van der Waals surface area contributed by atoms with E-state index >= 15 is 0 Å². The maximum absolute atomic E-state index is 13.4. The second-order valence-corrected chi connectivity index (χ2v) is 6.13. The van der Waals surface area contributed by atoms with Crippen molar-refractivity contribution < 1.29 is 13.6 Å². The first kappa shape index (κ1) is 21.8. The molecule has 26 heavy (non-hydrogen) atoms. The third kappa shape index (κ3) is 7.74. The van der Waals surface area contributed by atoms with E-state index in [1.165, 1.54) is 49.3 Å². The van der Waals surface area contributed by atoms with Crippen molar-refractivity contribution in [1.82, 2.24) is 10.2 Å². The first-order chi connectivity index (χ1) is 12.5. The Morgan fingerprint density at radius 2 is 2.08 bits per heavy atom. The van der Waals surface area contributed by atoms with Crippen LogP contribution >= 0.6 is 0 Å². The van der Waals surface area contributed by atoms with Crippen molar-refractivity contribution in [2.24, 2.45) is 0 Å². The summed E-state index contributed by atoms with van der Waals surface area (Å²) < 4.78 is 26.1. The Kier molecular flexibility index (Phi) is 10.2. The Morgan fingerprint density at radius 1 is 1.38 bits per heavy atom. The maximum atomic E-state index is 13.4. The van der Waals surface area contributed by atoms with E-state index < -0.39 is 0 Å². The first-order valence-electron chi connectivity index (χ1n) is 8.81. The molecule has 1 N–H and O–H groups in total. The summed E-state index contributed by atoms with van der Waals surface area (Å²) in [4.78, 5) is 11.9. The molecular formula is C21H28F2N2O. The molecule has 0 spiro atoms. The zero-order valence-electron chi connectivity index (χ0n) is 15.6. The molecule has 1 amide bonds. The van der Waals surface area contributed by atoms with Gasteiger partial charge >= 0.3 is 0 Å². The third-order valence-electron chi connectivity index (χ3n) is 4.12. The quantitative estimate of drug-likeness (QED) is 0.573. The van der Waals surface area contributed by atoms with Gasteiger partial charge in [0.15, 0.2) is 0 Å². The number of hydrogen-bond donors (Lipinski definition) is 1. The summed E-state index contributed by atoms with van der Waals surface area (Å²) in [6.07, 6.45) is 8.95. The van der Waals surface area contributed by atoms with E-state index in [1.54, 1.807) is 17.9 Å². The molecule has 0 bridgehead atoms. The SMILES string of the molecule is C=C/C=C(\C(F)=C/C)c1ccc(F)cc1.CN(C=O)CC[C@@H]1CCCN1. The third-order valence-corrected chi connectivity index (χ3v) is 4.12. The molecule has 3 nitrogen and oxygen atoms in total. The van der Waals surface area contributed by atoms with Gasteiger partial charge in [0.1, 0.15) is 11.6 Å². The fourth-order valence-corrected chi connectivity index (χ4v) is 2.63. The molecule has 0 saturated carbocycles. The minimum absolute atomic E-state index is 0.336. The topological polar surface area (TPSA) is 32.3 Å². The van der Waals surface area contributed by atoms with E-state index in [2.05, 4.69) is 11.9 Å². The summed E-state index contributed by atoms with van der Waals surface area (Å²) in [6, 6.07) is 6.32. The van der Waals surface area contributed by atoms with Crippen LogP contribution in [-0.2, 0) is 4.79 Å². The standard InChI is InChI=1S/C13H12F2.C8H16N2O/c1-3-5-12(13(15)4-2)10-6-8-11(14)9-7-10;1-10(7-11)6-4-8-3-2-5-9-8/h3-9H,1H2,2H3;7-9H,2-6H2,1H3/b12-5-,13-4+;/t;8-/m.0/s1. The van der Waals surface area contributed by atoms with Gasteiger partial charge in [-0.25, -0.2) is 8.78 Å². The smallest absolute Gasteiger partial charge is 0.209 e. The Labute approximate surface area is 155 Å². The predicted octanol–water partition coefficient (Wildman–Crippen LogP) is 4.49. The molecule has 0 aromatic heterocycles. The number of hydrogen-bond acceptors (Lipinski definition) is 2. The molecular weight excluding hydrogens is 334 g/mol. The molecule has 1 aliphatic rings. The van der Waals surface area contributed by atoms with Gasteiger partial charge in [0.25, 0.3) is 0 Å². The van der Waals surface area contributed by atoms with Crippen molar-refractivity contribution in [3.05, 3.63) is 66.3 Å². The van der Waals surface area contributed by atoms with Crippen LogP contribution in [0.3, 0.4) is 0 Å². The highest BCUT2D eigenvalue weighted by molar-refractivity contribution is 5.77. The normalized spacial score (nSPS) is 17.3. The number of nitrogens with zero attached hydrogens (tertiary/aromatic N) is 1. The monoisotopic (exact) mass is 362 g/mol. The number of halogens is 2. The van der Waals surface area contributed by atoms with Crippen molar-refractivity contribution in [2.45, 2.75) is 32.2 Å². The summed E-state index contributed by atoms with van der Waals surface area (Å²) in [7, 11) is 1.82. The zero-order chi connectivity index (χ0) is 19.4. The molecule has 1 aliphatic heterocycles. The lowest BCUT2D eigenvalue weighted by Gasteiger charge is -2.14. The summed E-state index contributed by atoms with van der Waals surface area (Å²) in [6.45, 7) is 7.15. The number of carbonyl (C=O) groups is 1. The van der Waals surface area contributed by atoms with Crippen LogP contribution in [0.15, 0.2) is 54.9 Å². The second kappa shape index (κ2) is 12.1. The van der Waals surface area contributed by atoms with E-state index in [0.717, 1.165) is 25.9 Å². The van der Waals surface area contributed by atoms with Crippen molar-refractivity contribution in [1.29, 1.82) is 0 Å². The molecule has 0 aliphatic carbocycles. The molecule has 1 aromatic carbocycles. The molecule has 1 fully saturated rings. The molecule has 1 aromatic rings. The first-order valence-corrected chi connectivity index (χ1v) is 8.81. The fourth-order valence-electron chi connectivity index (χ4n) is 2.63. The summed E-state index contributed by atoms with van der Waals surface area (Å²) >= 11 is 0. The number of carbonyl (C=O) groups excluding carboxylic acids is 1. The highest BCUT2D eigenvalue weighted by atomic mass is 19.1. The molecule has 1 heterocycles. The van der Waals surface area contributed by atoms with Crippen LogP contribution in [0.25, 0.3) is 5.57 Å². The van der Waals surface area contributed by atoms with Crippen molar-refractivity contribution in [3.63, 3.8) is 0 Å². The highest BCUT2D eigenvalue weighted by Crippen LogP contribution is 2.24. The number of rotatable bonds is 7. The van der Waals surface area contributed by atoms with E-state index in [4.69, 9.17) is 0 Å². The van der Waals surface area contributed by atoms with Gasteiger partial charge in [-0.05, 0) is 50.4 Å². The largest absolute Gasteiger partial charge is 0.348 e. The minimum atomic E-state index is -0.346. The average molecular weight is 362 g/mol. The van der Waals surface area contributed by atoms with Crippen LogP contribution in [0.4, 0.5) is 8.78 Å². The van der Waals surface area contributed by atoms with E-state index in [1.807, 2.05) is 7.05 Å². The summed E-state index contributed by atoms with van der Waals surface area (Å²) in [5.74, 6) is -0.681. The molecule has 5 heteroatoms. The van der Waals surface area contributed by atoms with Crippen LogP contribution in [0.5, 0.6) is 0 Å².